The van der Waals surface area contributed by atoms with Gasteiger partial charge >= 0.3 is 5.97 Å². The second-order valence-corrected chi connectivity index (χ2v) is 4.39. The number of hydrogen-bond donors (Lipinski definition) is 0. The van der Waals surface area contributed by atoms with Gasteiger partial charge in [-0.1, -0.05) is 6.92 Å². The smallest absolute Gasteiger partial charge is 0.384 e. The van der Waals surface area contributed by atoms with Gasteiger partial charge in [-0.25, -0.2) is 4.79 Å². The predicted molar refractivity (Wildman–Crippen MR) is 71.2 cm³/mol. The highest BCUT2D eigenvalue weighted by Crippen LogP contribution is 2.35. The van der Waals surface area contributed by atoms with E-state index in [9.17, 15) is 9.59 Å². The molecule has 0 radical (unpaired) electrons. The van der Waals surface area contributed by atoms with E-state index in [0.717, 1.165) is 17.0 Å². The van der Waals surface area contributed by atoms with Crippen LogP contribution in [-0.2, 0) is 20.7 Å². The Kier molecular flexibility index (Phi) is 2.82. The summed E-state index contributed by atoms with van der Waals surface area (Å²) in [5.41, 5.74) is 1.53. The summed E-state index contributed by atoms with van der Waals surface area (Å²) in [6, 6.07) is 5.48. The highest BCUT2D eigenvalue weighted by Gasteiger charge is 2.29. The average molecular weight is 272 g/mol. The van der Waals surface area contributed by atoms with E-state index in [-0.39, 0.29) is 5.76 Å². The molecule has 2 aromatic rings. The molecule has 0 N–H and O–H groups in total. The summed E-state index contributed by atoms with van der Waals surface area (Å²) >= 11 is 0. The lowest BCUT2D eigenvalue weighted by Gasteiger charge is -2.00. The number of ketones is 1. The second-order valence-electron chi connectivity index (χ2n) is 4.39. The van der Waals surface area contributed by atoms with E-state index in [1.165, 1.54) is 0 Å². The number of carbonyl (C=O) groups excluding carboxylic acids is 2. The first-order valence-electron chi connectivity index (χ1n) is 6.21. The number of esters is 1. The van der Waals surface area contributed by atoms with Crippen LogP contribution in [0.1, 0.15) is 18.2 Å². The molecule has 1 aliphatic rings. The van der Waals surface area contributed by atoms with Crippen molar-refractivity contribution in [2.75, 3.05) is 7.11 Å². The standard InChI is InChI=1S/C15H12O5/c1-3-9-10-5-4-8(18-2)6-12(10)19-14(9)13-7-11(16)15(17)20-13/h4-7H,3H2,1-2H3. The Hall–Kier alpha value is -2.56. The summed E-state index contributed by atoms with van der Waals surface area (Å²) < 4.78 is 15.8. The van der Waals surface area contributed by atoms with Gasteiger partial charge in [0.2, 0.25) is 0 Å². The van der Waals surface area contributed by atoms with Crippen LogP contribution in [0.5, 0.6) is 5.75 Å². The van der Waals surface area contributed by atoms with Gasteiger partial charge in [-0.3, -0.25) is 4.79 Å². The minimum absolute atomic E-state index is 0.173. The number of aryl methyl sites for hydroxylation is 1. The van der Waals surface area contributed by atoms with Gasteiger partial charge in [0.15, 0.2) is 11.5 Å². The molecular formula is C15H12O5. The lowest BCUT2D eigenvalue weighted by molar-refractivity contribution is -0.144. The van der Waals surface area contributed by atoms with Crippen LogP contribution in [-0.4, -0.2) is 18.9 Å². The van der Waals surface area contributed by atoms with Crippen molar-refractivity contribution in [3.8, 4) is 5.75 Å². The molecule has 0 aliphatic carbocycles. The molecule has 5 heteroatoms. The van der Waals surface area contributed by atoms with Crippen LogP contribution in [0.4, 0.5) is 0 Å². The molecule has 0 unspecified atom stereocenters. The number of methoxy groups -OCH3 is 1. The van der Waals surface area contributed by atoms with Crippen molar-refractivity contribution < 1.29 is 23.5 Å². The molecule has 0 saturated heterocycles. The maximum atomic E-state index is 11.3. The van der Waals surface area contributed by atoms with Gasteiger partial charge < -0.3 is 13.9 Å². The van der Waals surface area contributed by atoms with E-state index in [0.29, 0.717) is 23.5 Å². The van der Waals surface area contributed by atoms with Gasteiger partial charge in [-0.05, 0) is 18.6 Å². The van der Waals surface area contributed by atoms with Crippen LogP contribution in [0, 0.1) is 0 Å². The second kappa shape index (κ2) is 4.52. The topological polar surface area (TPSA) is 65.7 Å². The van der Waals surface area contributed by atoms with Crippen LogP contribution in [0.15, 0.2) is 28.7 Å². The molecule has 0 spiro atoms. The highest BCUT2D eigenvalue weighted by molar-refractivity contribution is 6.43. The lowest BCUT2D eigenvalue weighted by atomic mass is 10.1. The maximum absolute atomic E-state index is 11.3. The first-order chi connectivity index (χ1) is 9.63. The molecule has 3 rings (SSSR count). The quantitative estimate of drug-likeness (QED) is 0.634. The maximum Gasteiger partial charge on any atom is 0.384 e. The Balaban J connectivity index is 2.18. The van der Waals surface area contributed by atoms with Gasteiger partial charge in [0.05, 0.1) is 7.11 Å². The fourth-order valence-corrected chi connectivity index (χ4v) is 2.28. The molecule has 5 nitrogen and oxygen atoms in total. The molecule has 1 aromatic heterocycles. The van der Waals surface area contributed by atoms with Crippen molar-refractivity contribution in [1.29, 1.82) is 0 Å². The van der Waals surface area contributed by atoms with Crippen molar-refractivity contribution in [2.45, 2.75) is 13.3 Å². The number of cyclic esters (lactones) is 1. The summed E-state index contributed by atoms with van der Waals surface area (Å²) in [6.45, 7) is 1.97. The fourth-order valence-electron chi connectivity index (χ4n) is 2.28. The Morgan fingerprint density at radius 2 is 2.05 bits per heavy atom. The molecule has 0 amide bonds. The number of carbonyl (C=O) groups is 2. The van der Waals surface area contributed by atoms with Gasteiger partial charge in [-0.2, -0.15) is 0 Å². The Morgan fingerprint density at radius 3 is 2.65 bits per heavy atom. The summed E-state index contributed by atoms with van der Waals surface area (Å²) in [4.78, 5) is 22.4. The third kappa shape index (κ3) is 1.79. The average Bonchev–Trinajstić information content (AvgIpc) is 2.98. The van der Waals surface area contributed by atoms with E-state index in [2.05, 4.69) is 0 Å². The number of ether oxygens (including phenoxy) is 2. The van der Waals surface area contributed by atoms with Crippen molar-refractivity contribution in [3.63, 3.8) is 0 Å². The molecule has 0 atom stereocenters. The minimum Gasteiger partial charge on any atom is -0.497 e. The third-order valence-electron chi connectivity index (χ3n) is 3.24. The molecule has 0 saturated carbocycles. The molecular weight excluding hydrogens is 260 g/mol. The molecule has 1 aromatic carbocycles. The summed E-state index contributed by atoms with van der Waals surface area (Å²) in [6.07, 6.45) is 1.86. The van der Waals surface area contributed by atoms with Crippen molar-refractivity contribution >= 4 is 28.5 Å². The Bertz CT molecular complexity index is 751. The summed E-state index contributed by atoms with van der Waals surface area (Å²) in [5, 5.41) is 0.916. The van der Waals surface area contributed by atoms with Gasteiger partial charge in [-0.15, -0.1) is 0 Å². The van der Waals surface area contributed by atoms with Crippen LogP contribution >= 0.6 is 0 Å². The summed E-state index contributed by atoms with van der Waals surface area (Å²) in [5.74, 6) is -0.268. The first kappa shape index (κ1) is 12.5. The molecule has 0 fully saturated rings. The number of hydrogen-bond acceptors (Lipinski definition) is 5. The number of benzene rings is 1. The van der Waals surface area contributed by atoms with Crippen LogP contribution in [0.3, 0.4) is 0 Å². The molecule has 20 heavy (non-hydrogen) atoms. The Morgan fingerprint density at radius 1 is 1.25 bits per heavy atom. The largest absolute Gasteiger partial charge is 0.497 e. The van der Waals surface area contributed by atoms with E-state index in [4.69, 9.17) is 13.9 Å². The van der Waals surface area contributed by atoms with Gasteiger partial charge in [0.25, 0.3) is 5.78 Å². The normalized spacial score (nSPS) is 14.6. The van der Waals surface area contributed by atoms with Crippen molar-refractivity contribution in [3.05, 3.63) is 35.6 Å². The molecule has 102 valence electrons. The van der Waals surface area contributed by atoms with E-state index in [1.807, 2.05) is 19.1 Å². The van der Waals surface area contributed by atoms with Crippen molar-refractivity contribution in [1.82, 2.24) is 0 Å². The summed E-state index contributed by atoms with van der Waals surface area (Å²) in [7, 11) is 1.58. The van der Waals surface area contributed by atoms with Gasteiger partial charge in [0, 0.05) is 23.1 Å². The highest BCUT2D eigenvalue weighted by atomic mass is 16.6. The lowest BCUT2D eigenvalue weighted by Crippen LogP contribution is -2.05. The van der Waals surface area contributed by atoms with E-state index in [1.54, 1.807) is 13.2 Å². The van der Waals surface area contributed by atoms with Crippen molar-refractivity contribution in [2.24, 2.45) is 0 Å². The predicted octanol–water partition coefficient (Wildman–Crippen LogP) is 2.47. The SMILES string of the molecule is CCc1c(C2=CC(=O)C(=O)O2)oc2cc(OC)ccc12. The van der Waals surface area contributed by atoms with Crippen LogP contribution < -0.4 is 4.74 Å². The first-order valence-corrected chi connectivity index (χ1v) is 6.21. The number of rotatable bonds is 3. The zero-order chi connectivity index (χ0) is 14.3. The minimum atomic E-state index is -0.875. The fraction of sp³-hybridized carbons (Fsp3) is 0.200. The molecule has 1 aliphatic heterocycles. The van der Waals surface area contributed by atoms with Crippen LogP contribution in [0.25, 0.3) is 16.7 Å². The van der Waals surface area contributed by atoms with E-state index < -0.39 is 11.8 Å². The van der Waals surface area contributed by atoms with Gasteiger partial charge in [0.1, 0.15) is 11.3 Å². The number of fused-ring (bicyclic) bond motifs is 1. The zero-order valence-electron chi connectivity index (χ0n) is 11.1. The molecule has 0 bridgehead atoms. The third-order valence-corrected chi connectivity index (χ3v) is 3.24. The van der Waals surface area contributed by atoms with E-state index >= 15 is 0 Å². The monoisotopic (exact) mass is 272 g/mol. The van der Waals surface area contributed by atoms with Crippen LogP contribution in [0.2, 0.25) is 0 Å². The Labute approximate surface area is 114 Å². The number of furan rings is 1. The zero-order valence-corrected chi connectivity index (χ0v) is 11.1. The molecule has 2 heterocycles.